The molecule has 0 amide bonds. The van der Waals surface area contributed by atoms with E-state index in [1.807, 2.05) is 0 Å². The van der Waals surface area contributed by atoms with Crippen molar-refractivity contribution < 1.29 is 12.6 Å². The van der Waals surface area contributed by atoms with Crippen LogP contribution in [0.4, 0.5) is 0 Å². The molecule has 0 aromatic heterocycles. The smallest absolute Gasteiger partial charge is 0.248 e. The van der Waals surface area contributed by atoms with Crippen LogP contribution in [-0.4, -0.2) is 18.2 Å². The molecule has 0 saturated carbocycles. The van der Waals surface area contributed by atoms with Crippen LogP contribution in [0.15, 0.2) is 38.0 Å². The highest BCUT2D eigenvalue weighted by atomic mass is 79.9. The van der Waals surface area contributed by atoms with Crippen LogP contribution in [0.1, 0.15) is 0 Å². The van der Waals surface area contributed by atoms with Crippen molar-refractivity contribution in [3.63, 3.8) is 0 Å². The average Bonchev–Trinajstić information content (AvgIpc) is 2.13. The van der Waals surface area contributed by atoms with Gasteiger partial charge in [0.1, 0.15) is 5.55 Å². The second kappa shape index (κ2) is 5.20. The first-order chi connectivity index (χ1) is 6.88. The van der Waals surface area contributed by atoms with Crippen LogP contribution in [-0.2, 0) is 20.0 Å². The maximum Gasteiger partial charge on any atom is 0.340 e. The lowest BCUT2D eigenvalue weighted by Gasteiger charge is -1.95. The van der Waals surface area contributed by atoms with Gasteiger partial charge in [-0.05, 0) is 18.2 Å². The fraction of sp³-hybridized carbons (Fsp3) is 0. The Bertz CT molecular complexity index is 515. The van der Waals surface area contributed by atoms with Gasteiger partial charge < -0.3 is 0 Å². The maximum atomic E-state index is 11.5. The van der Waals surface area contributed by atoms with Crippen LogP contribution in [0.3, 0.4) is 0 Å². The number of rotatable bonds is 3. The molecule has 8 heteroatoms. The molecule has 0 radical (unpaired) electrons. The van der Waals surface area contributed by atoms with Crippen LogP contribution >= 0.6 is 26.6 Å². The van der Waals surface area contributed by atoms with Crippen LogP contribution in [0, 0.1) is 0 Å². The second-order valence-electron chi connectivity index (χ2n) is 2.38. The number of benzene rings is 1. The highest BCUT2D eigenvalue weighted by Crippen LogP contribution is 2.14. The molecule has 15 heavy (non-hydrogen) atoms. The van der Waals surface area contributed by atoms with Gasteiger partial charge in [-0.25, -0.2) is 4.21 Å². The first-order valence-corrected chi connectivity index (χ1v) is 7.82. The standard InChI is InChI=1S/C7H5BrClNO3S2/c8-6-2-1-3-7(4-6)14(11)5-10-15(9,12)13/h1-5H/b10-5+. The third-order valence-corrected chi connectivity index (χ3v) is 3.53. The van der Waals surface area contributed by atoms with Gasteiger partial charge in [-0.3, -0.25) is 0 Å². The van der Waals surface area contributed by atoms with E-state index in [0.29, 0.717) is 4.90 Å². The first kappa shape index (κ1) is 12.8. The van der Waals surface area contributed by atoms with Crippen molar-refractivity contribution in [2.24, 2.45) is 4.40 Å². The van der Waals surface area contributed by atoms with Crippen molar-refractivity contribution >= 4 is 52.2 Å². The van der Waals surface area contributed by atoms with E-state index < -0.39 is 20.0 Å². The van der Waals surface area contributed by atoms with Crippen molar-refractivity contribution in [3.8, 4) is 0 Å². The Kier molecular flexibility index (Phi) is 4.45. The highest BCUT2D eigenvalue weighted by molar-refractivity contribution is 9.10. The Morgan fingerprint density at radius 3 is 2.67 bits per heavy atom. The molecule has 0 aliphatic carbocycles. The SMILES string of the molecule is O=S(/C=N/S(=O)(=O)Cl)c1cccc(Br)c1. The zero-order chi connectivity index (χ0) is 11.5. The molecule has 1 atom stereocenters. The Hall–Kier alpha value is -0.240. The lowest BCUT2D eigenvalue weighted by Crippen LogP contribution is -1.94. The summed E-state index contributed by atoms with van der Waals surface area (Å²) in [4.78, 5) is 0.438. The molecule has 0 N–H and O–H groups in total. The average molecular weight is 331 g/mol. The summed E-state index contributed by atoms with van der Waals surface area (Å²) in [5.41, 5.74) is 0.782. The van der Waals surface area contributed by atoms with Crippen molar-refractivity contribution in [2.45, 2.75) is 4.90 Å². The summed E-state index contributed by atoms with van der Waals surface area (Å²) >= 11 is 3.20. The summed E-state index contributed by atoms with van der Waals surface area (Å²) in [6.07, 6.45) is 0. The Morgan fingerprint density at radius 1 is 1.47 bits per heavy atom. The molecule has 0 bridgehead atoms. The number of hydrogen-bond acceptors (Lipinski definition) is 3. The van der Waals surface area contributed by atoms with Crippen molar-refractivity contribution in [3.05, 3.63) is 28.7 Å². The lowest BCUT2D eigenvalue weighted by atomic mass is 10.4. The molecule has 0 aliphatic rings. The van der Waals surface area contributed by atoms with Crippen LogP contribution in [0.5, 0.6) is 0 Å². The Morgan fingerprint density at radius 2 is 2.13 bits per heavy atom. The topological polar surface area (TPSA) is 63.6 Å². The zero-order valence-corrected chi connectivity index (χ0v) is 11.1. The molecule has 0 heterocycles. The molecule has 4 nitrogen and oxygen atoms in total. The summed E-state index contributed by atoms with van der Waals surface area (Å²) in [6, 6.07) is 6.63. The zero-order valence-electron chi connectivity index (χ0n) is 7.13. The number of hydrogen-bond donors (Lipinski definition) is 0. The van der Waals surface area contributed by atoms with Crippen molar-refractivity contribution in [2.75, 3.05) is 0 Å². The molecule has 0 saturated heterocycles. The van der Waals surface area contributed by atoms with E-state index >= 15 is 0 Å². The molecule has 0 spiro atoms. The van der Waals surface area contributed by atoms with Gasteiger partial charge in [0.2, 0.25) is 0 Å². The molecule has 82 valence electrons. The third-order valence-electron chi connectivity index (χ3n) is 1.29. The molecule has 0 fully saturated rings. The summed E-state index contributed by atoms with van der Waals surface area (Å²) in [5.74, 6) is 0. The predicted octanol–water partition coefficient (Wildman–Crippen LogP) is 2.07. The van der Waals surface area contributed by atoms with Gasteiger partial charge in [-0.15, -0.1) is 4.40 Å². The van der Waals surface area contributed by atoms with E-state index in [0.717, 1.165) is 10.0 Å². The van der Waals surface area contributed by atoms with Crippen LogP contribution in [0.2, 0.25) is 0 Å². The largest absolute Gasteiger partial charge is 0.340 e. The predicted molar refractivity (Wildman–Crippen MR) is 63.8 cm³/mol. The fourth-order valence-electron chi connectivity index (χ4n) is 0.743. The molecule has 1 aromatic carbocycles. The van der Waals surface area contributed by atoms with E-state index in [2.05, 4.69) is 20.3 Å². The van der Waals surface area contributed by atoms with Gasteiger partial charge in [-0.1, -0.05) is 22.0 Å². The lowest BCUT2D eigenvalue weighted by molar-refractivity contribution is 0.611. The molecule has 1 rings (SSSR count). The number of nitrogens with zero attached hydrogens (tertiary/aromatic N) is 1. The van der Waals surface area contributed by atoms with E-state index in [1.54, 1.807) is 24.3 Å². The molecular formula is C7H5BrClNO3S2. The first-order valence-electron chi connectivity index (χ1n) is 3.55. The van der Waals surface area contributed by atoms with Crippen LogP contribution < -0.4 is 0 Å². The fourth-order valence-corrected chi connectivity index (χ4v) is 2.89. The summed E-state index contributed by atoms with van der Waals surface area (Å²) in [6.45, 7) is 0. The highest BCUT2D eigenvalue weighted by Gasteiger charge is 2.03. The summed E-state index contributed by atoms with van der Waals surface area (Å²) in [5, 5.41) is 0. The third kappa shape index (κ3) is 4.87. The van der Waals surface area contributed by atoms with Crippen molar-refractivity contribution in [1.29, 1.82) is 0 Å². The quantitative estimate of drug-likeness (QED) is 0.484. The second-order valence-corrected chi connectivity index (χ2v) is 6.78. The van der Waals surface area contributed by atoms with Crippen molar-refractivity contribution in [1.82, 2.24) is 0 Å². The maximum absolute atomic E-state index is 11.5. The monoisotopic (exact) mass is 329 g/mol. The minimum atomic E-state index is -4.00. The number of halogens is 2. The van der Waals surface area contributed by atoms with Gasteiger partial charge in [0, 0.05) is 20.1 Å². The van der Waals surface area contributed by atoms with E-state index in [-0.39, 0.29) is 0 Å². The molecule has 0 aliphatic heterocycles. The van der Waals surface area contributed by atoms with E-state index in [1.165, 1.54) is 0 Å². The van der Waals surface area contributed by atoms with E-state index in [4.69, 9.17) is 10.7 Å². The molecule has 1 aromatic rings. The van der Waals surface area contributed by atoms with Crippen LogP contribution in [0.25, 0.3) is 0 Å². The van der Waals surface area contributed by atoms with Gasteiger partial charge in [0.05, 0.1) is 10.8 Å². The minimum Gasteiger partial charge on any atom is -0.248 e. The minimum absolute atomic E-state index is 0.438. The van der Waals surface area contributed by atoms with Gasteiger partial charge in [0.15, 0.2) is 0 Å². The Labute approximate surface area is 103 Å². The van der Waals surface area contributed by atoms with Gasteiger partial charge in [-0.2, -0.15) is 8.42 Å². The Balaban J connectivity index is 2.92. The van der Waals surface area contributed by atoms with Gasteiger partial charge in [0.25, 0.3) is 0 Å². The van der Waals surface area contributed by atoms with Gasteiger partial charge >= 0.3 is 9.24 Å². The summed E-state index contributed by atoms with van der Waals surface area (Å²) < 4.78 is 36.1. The molecular weight excluding hydrogens is 326 g/mol. The normalized spacial score (nSPS) is 14.3. The van der Waals surface area contributed by atoms with E-state index in [9.17, 15) is 12.6 Å². The summed E-state index contributed by atoms with van der Waals surface area (Å²) in [7, 11) is -0.799. The molecule has 1 unspecified atom stereocenters.